The largest absolute Gasteiger partial charge is 0.493 e. The van der Waals surface area contributed by atoms with E-state index in [9.17, 15) is 14.9 Å². The summed E-state index contributed by atoms with van der Waals surface area (Å²) in [6.07, 6.45) is 0. The van der Waals surface area contributed by atoms with Crippen LogP contribution in [0.25, 0.3) is 0 Å². The van der Waals surface area contributed by atoms with E-state index in [4.69, 9.17) is 14.2 Å². The van der Waals surface area contributed by atoms with Crippen molar-refractivity contribution in [3.05, 3.63) is 47.5 Å². The molecule has 2 aromatic carbocycles. The highest BCUT2D eigenvalue weighted by Gasteiger charge is 2.20. The molecule has 164 valence electrons. The number of benzene rings is 2. The van der Waals surface area contributed by atoms with Crippen molar-refractivity contribution in [1.29, 1.82) is 5.26 Å². The lowest BCUT2D eigenvalue weighted by molar-refractivity contribution is -0.119. The minimum atomic E-state index is -0.914. The highest BCUT2D eigenvalue weighted by molar-refractivity contribution is 8.00. The van der Waals surface area contributed by atoms with Gasteiger partial charge in [0.25, 0.3) is 0 Å². The van der Waals surface area contributed by atoms with Crippen molar-refractivity contribution in [3.8, 4) is 23.3 Å². The molecule has 0 spiro atoms. The Balaban J connectivity index is 1.92. The van der Waals surface area contributed by atoms with E-state index in [2.05, 4.69) is 16.7 Å². The normalized spacial score (nSPS) is 11.1. The van der Waals surface area contributed by atoms with Crippen LogP contribution >= 0.6 is 11.8 Å². The first-order chi connectivity index (χ1) is 14.9. The van der Waals surface area contributed by atoms with Crippen molar-refractivity contribution < 1.29 is 23.8 Å². The van der Waals surface area contributed by atoms with Gasteiger partial charge in [-0.15, -0.1) is 11.8 Å². The molecule has 0 bridgehead atoms. The number of carbonyl (C=O) groups excluding carboxylic acids is 2. The number of amides is 2. The molecular weight excluding hydrogens is 418 g/mol. The van der Waals surface area contributed by atoms with Crippen molar-refractivity contribution in [2.75, 3.05) is 38.2 Å². The molecule has 8 nitrogen and oxygen atoms in total. The average Bonchev–Trinajstić information content (AvgIpc) is 2.77. The summed E-state index contributed by atoms with van der Waals surface area (Å²) in [5, 5.41) is 15.0. The minimum absolute atomic E-state index is 0.0317. The van der Waals surface area contributed by atoms with Gasteiger partial charge in [0.1, 0.15) is 6.04 Å². The number of rotatable bonds is 10. The van der Waals surface area contributed by atoms with Crippen LogP contribution in [0.3, 0.4) is 0 Å². The Morgan fingerprint density at radius 1 is 1.00 bits per heavy atom. The number of hydrogen-bond acceptors (Lipinski definition) is 7. The second kappa shape index (κ2) is 11.7. The van der Waals surface area contributed by atoms with Crippen LogP contribution in [0.1, 0.15) is 17.2 Å². The predicted octanol–water partition coefficient (Wildman–Crippen LogP) is 3.07. The SMILES string of the molecule is COc1cc(C(C#N)NC(=O)CSCC(=O)Nc2ccc(C)cc2)cc(OC)c1OC. The number of aryl methyl sites for hydroxylation is 1. The van der Waals surface area contributed by atoms with E-state index < -0.39 is 6.04 Å². The van der Waals surface area contributed by atoms with Gasteiger partial charge in [0.2, 0.25) is 17.6 Å². The zero-order valence-corrected chi connectivity index (χ0v) is 18.7. The third kappa shape index (κ3) is 6.83. The molecule has 1 unspecified atom stereocenters. The zero-order valence-electron chi connectivity index (χ0n) is 17.9. The van der Waals surface area contributed by atoms with E-state index in [0.717, 1.165) is 17.3 Å². The first kappa shape index (κ1) is 23.9. The number of ether oxygens (including phenoxy) is 3. The molecule has 0 saturated carbocycles. The number of anilines is 1. The van der Waals surface area contributed by atoms with E-state index in [1.54, 1.807) is 12.1 Å². The highest BCUT2D eigenvalue weighted by Crippen LogP contribution is 2.39. The number of nitrogens with zero attached hydrogens (tertiary/aromatic N) is 1. The summed E-state index contributed by atoms with van der Waals surface area (Å²) in [6.45, 7) is 1.96. The molecule has 0 aliphatic heterocycles. The Kier molecular flexibility index (Phi) is 9.03. The van der Waals surface area contributed by atoms with Gasteiger partial charge in [0, 0.05) is 5.69 Å². The molecule has 0 aliphatic carbocycles. The van der Waals surface area contributed by atoms with Crippen molar-refractivity contribution in [1.82, 2.24) is 5.32 Å². The molecular formula is C22H25N3O5S. The van der Waals surface area contributed by atoms with Crippen LogP contribution in [0.5, 0.6) is 17.2 Å². The van der Waals surface area contributed by atoms with E-state index in [0.29, 0.717) is 28.5 Å². The van der Waals surface area contributed by atoms with Gasteiger partial charge in [-0.25, -0.2) is 0 Å². The molecule has 2 amide bonds. The lowest BCUT2D eigenvalue weighted by atomic mass is 10.1. The first-order valence-corrected chi connectivity index (χ1v) is 10.5. The average molecular weight is 444 g/mol. The van der Waals surface area contributed by atoms with Gasteiger partial charge < -0.3 is 24.8 Å². The summed E-state index contributed by atoms with van der Waals surface area (Å²) in [5.41, 5.74) is 2.29. The van der Waals surface area contributed by atoms with Crippen LogP contribution in [-0.2, 0) is 9.59 Å². The fourth-order valence-corrected chi connectivity index (χ4v) is 3.36. The lowest BCUT2D eigenvalue weighted by Crippen LogP contribution is -2.29. The number of nitrogens with one attached hydrogen (secondary N) is 2. The first-order valence-electron chi connectivity index (χ1n) is 9.35. The van der Waals surface area contributed by atoms with Crippen LogP contribution < -0.4 is 24.8 Å². The molecule has 0 saturated heterocycles. The molecule has 0 aromatic heterocycles. The lowest BCUT2D eigenvalue weighted by Gasteiger charge is -2.17. The Hall–Kier alpha value is -3.38. The maximum atomic E-state index is 12.3. The topological polar surface area (TPSA) is 110 Å². The Morgan fingerprint density at radius 3 is 2.10 bits per heavy atom. The molecule has 1 atom stereocenters. The van der Waals surface area contributed by atoms with Crippen LogP contribution in [0.2, 0.25) is 0 Å². The number of hydrogen-bond donors (Lipinski definition) is 2. The smallest absolute Gasteiger partial charge is 0.234 e. The van der Waals surface area contributed by atoms with Crippen LogP contribution in [0.4, 0.5) is 5.69 Å². The van der Waals surface area contributed by atoms with Gasteiger partial charge in [0.15, 0.2) is 11.5 Å². The molecule has 9 heteroatoms. The van der Waals surface area contributed by atoms with Gasteiger partial charge in [-0.1, -0.05) is 17.7 Å². The van der Waals surface area contributed by atoms with E-state index in [1.165, 1.54) is 21.3 Å². The molecule has 2 N–H and O–H groups in total. The van der Waals surface area contributed by atoms with Crippen LogP contribution in [0, 0.1) is 18.3 Å². The van der Waals surface area contributed by atoms with E-state index in [-0.39, 0.29) is 23.3 Å². The third-order valence-electron chi connectivity index (χ3n) is 4.26. The molecule has 0 radical (unpaired) electrons. The number of carbonyl (C=O) groups is 2. The maximum Gasteiger partial charge on any atom is 0.234 e. The van der Waals surface area contributed by atoms with Crippen LogP contribution in [-0.4, -0.2) is 44.6 Å². The second-order valence-electron chi connectivity index (χ2n) is 6.50. The fourth-order valence-electron chi connectivity index (χ4n) is 2.73. The molecule has 31 heavy (non-hydrogen) atoms. The molecule has 0 fully saturated rings. The Bertz CT molecular complexity index is 932. The van der Waals surface area contributed by atoms with Crippen molar-refractivity contribution in [2.45, 2.75) is 13.0 Å². The van der Waals surface area contributed by atoms with Gasteiger partial charge in [0.05, 0.1) is 38.9 Å². The summed E-state index contributed by atoms with van der Waals surface area (Å²) in [7, 11) is 4.43. The monoisotopic (exact) mass is 443 g/mol. The van der Waals surface area contributed by atoms with Crippen molar-refractivity contribution in [2.24, 2.45) is 0 Å². The summed E-state index contributed by atoms with van der Waals surface area (Å²) < 4.78 is 15.8. The zero-order chi connectivity index (χ0) is 22.8. The number of nitriles is 1. The van der Waals surface area contributed by atoms with Gasteiger partial charge in [-0.2, -0.15) is 5.26 Å². The molecule has 2 rings (SSSR count). The van der Waals surface area contributed by atoms with Gasteiger partial charge in [-0.05, 0) is 36.8 Å². The standard InChI is InChI=1S/C22H25N3O5S/c1-14-5-7-16(8-6-14)24-20(26)12-31-13-21(27)25-17(11-23)15-9-18(28-2)22(30-4)19(10-15)29-3/h5-10,17H,12-13H2,1-4H3,(H,24,26)(H,25,27). The summed E-state index contributed by atoms with van der Waals surface area (Å²) in [6, 6.07) is 11.8. The van der Waals surface area contributed by atoms with E-state index in [1.807, 2.05) is 31.2 Å². The number of methoxy groups -OCH3 is 3. The highest BCUT2D eigenvalue weighted by atomic mass is 32.2. The fraction of sp³-hybridized carbons (Fsp3) is 0.318. The summed E-state index contributed by atoms with van der Waals surface area (Å²) in [5.74, 6) is 0.734. The van der Waals surface area contributed by atoms with Gasteiger partial charge in [-0.3, -0.25) is 9.59 Å². The minimum Gasteiger partial charge on any atom is -0.493 e. The molecule has 2 aromatic rings. The van der Waals surface area contributed by atoms with Crippen LogP contribution in [0.15, 0.2) is 36.4 Å². The van der Waals surface area contributed by atoms with Crippen molar-refractivity contribution in [3.63, 3.8) is 0 Å². The summed E-state index contributed by atoms with van der Waals surface area (Å²) >= 11 is 1.16. The summed E-state index contributed by atoms with van der Waals surface area (Å²) in [4.78, 5) is 24.3. The van der Waals surface area contributed by atoms with Crippen molar-refractivity contribution >= 4 is 29.3 Å². The quantitative estimate of drug-likeness (QED) is 0.581. The van der Waals surface area contributed by atoms with Gasteiger partial charge >= 0.3 is 0 Å². The number of thioether (sulfide) groups is 1. The van der Waals surface area contributed by atoms with E-state index >= 15 is 0 Å². The predicted molar refractivity (Wildman–Crippen MR) is 120 cm³/mol. The molecule has 0 aliphatic rings. The maximum absolute atomic E-state index is 12.3. The second-order valence-corrected chi connectivity index (χ2v) is 7.48. The molecule has 0 heterocycles. The third-order valence-corrected chi connectivity index (χ3v) is 5.19. The Morgan fingerprint density at radius 2 is 1.58 bits per heavy atom. The Labute approximate surface area is 185 Å².